The summed E-state index contributed by atoms with van der Waals surface area (Å²) in [6.07, 6.45) is 1.41. The lowest BCUT2D eigenvalue weighted by molar-refractivity contribution is -0.119. The molecule has 0 aliphatic carbocycles. The quantitative estimate of drug-likeness (QED) is 0.166. The minimum Gasteiger partial charge on any atom is -0.453 e. The molecule has 0 aliphatic heterocycles. The Hall–Kier alpha value is -4.66. The Balaban J connectivity index is 1.32. The maximum absolute atomic E-state index is 15.0. The Morgan fingerprint density at radius 1 is 0.979 bits per heavy atom. The van der Waals surface area contributed by atoms with Gasteiger partial charge in [-0.05, 0) is 76.8 Å². The molecule has 0 radical (unpaired) electrons. The number of halogens is 2. The summed E-state index contributed by atoms with van der Waals surface area (Å²) in [6.45, 7) is 10.8. The van der Waals surface area contributed by atoms with Crippen molar-refractivity contribution in [2.75, 3.05) is 39.0 Å². The van der Waals surface area contributed by atoms with Crippen molar-refractivity contribution < 1.29 is 31.5 Å². The molecule has 2 heterocycles. The van der Waals surface area contributed by atoms with E-state index in [1.165, 1.54) is 42.6 Å². The van der Waals surface area contributed by atoms with Crippen molar-refractivity contribution in [3.05, 3.63) is 95.2 Å². The number of aromatic nitrogens is 2. The maximum Gasteiger partial charge on any atom is 0.325 e. The summed E-state index contributed by atoms with van der Waals surface area (Å²) < 4.78 is 58.4. The lowest BCUT2D eigenvalue weighted by atomic mass is 10.1. The zero-order valence-corrected chi connectivity index (χ0v) is 28.4. The number of pyridine rings is 1. The van der Waals surface area contributed by atoms with Crippen LogP contribution in [0.1, 0.15) is 32.0 Å². The minimum absolute atomic E-state index is 0.0844. The predicted molar refractivity (Wildman–Crippen MR) is 181 cm³/mol. The second-order valence-electron chi connectivity index (χ2n) is 12.5. The molecule has 0 aliphatic rings. The van der Waals surface area contributed by atoms with Gasteiger partial charge < -0.3 is 19.9 Å². The fraction of sp³-hybridized carbons (Fsp3) is 0.324. The minimum atomic E-state index is -3.46. The van der Waals surface area contributed by atoms with Gasteiger partial charge in [-0.2, -0.15) is 0 Å². The predicted octanol–water partition coefficient (Wildman–Crippen LogP) is 5.61. The number of hydrogen-bond acceptors (Lipinski definition) is 8. The van der Waals surface area contributed by atoms with Gasteiger partial charge in [0.15, 0.2) is 21.4 Å². The molecule has 3 N–H and O–H groups in total. The fourth-order valence-electron chi connectivity index (χ4n) is 4.74. The number of benzene rings is 2. The van der Waals surface area contributed by atoms with Crippen LogP contribution in [0.3, 0.4) is 0 Å². The Labute approximate surface area is 278 Å². The summed E-state index contributed by atoms with van der Waals surface area (Å²) in [7, 11) is 0.333. The molecular formula is C34H40F2N6O5S. The van der Waals surface area contributed by atoms with E-state index < -0.39 is 38.2 Å². The second-order valence-corrected chi connectivity index (χ2v) is 15.4. The van der Waals surface area contributed by atoms with Gasteiger partial charge in [0.2, 0.25) is 5.91 Å². The first-order valence-electron chi connectivity index (χ1n) is 15.1. The summed E-state index contributed by atoms with van der Waals surface area (Å²) in [4.78, 5) is 36.2. The number of nitrogens with zero attached hydrogens (tertiary/aromatic N) is 3. The molecule has 0 unspecified atom stereocenters. The molecule has 256 valence electrons. The summed E-state index contributed by atoms with van der Waals surface area (Å²) in [5.41, 5.74) is 2.03. The van der Waals surface area contributed by atoms with Gasteiger partial charge in [-0.3, -0.25) is 15.0 Å². The van der Waals surface area contributed by atoms with Crippen LogP contribution >= 0.6 is 0 Å². The summed E-state index contributed by atoms with van der Waals surface area (Å²) in [6, 6.07) is 11.8. The number of aromatic amines is 1. The average Bonchev–Trinajstić information content (AvgIpc) is 3.41. The number of carbonyl (C=O) groups excluding carboxylic acids is 2. The number of rotatable bonds is 13. The van der Waals surface area contributed by atoms with Crippen molar-refractivity contribution in [1.82, 2.24) is 25.1 Å². The molecule has 14 heteroatoms. The molecule has 3 amide bonds. The Morgan fingerprint density at radius 2 is 1.67 bits per heavy atom. The van der Waals surface area contributed by atoms with Crippen LogP contribution in [0.25, 0.3) is 11.0 Å². The van der Waals surface area contributed by atoms with Gasteiger partial charge in [0.25, 0.3) is 0 Å². The monoisotopic (exact) mass is 682 g/mol. The van der Waals surface area contributed by atoms with Crippen LogP contribution in [0, 0.1) is 11.6 Å². The zero-order chi connectivity index (χ0) is 35.2. The lowest BCUT2D eigenvalue weighted by Crippen LogP contribution is -2.36. The lowest BCUT2D eigenvalue weighted by Gasteiger charge is -2.25. The number of hydrogen-bond donors (Lipinski definition) is 3. The molecule has 11 nitrogen and oxygen atoms in total. The van der Waals surface area contributed by atoms with Crippen molar-refractivity contribution in [1.29, 1.82) is 0 Å². The van der Waals surface area contributed by atoms with Crippen LogP contribution < -0.4 is 15.4 Å². The number of urea groups is 1. The molecule has 0 saturated carbocycles. The van der Waals surface area contributed by atoms with E-state index in [1.807, 2.05) is 25.1 Å². The number of carbonyl (C=O) groups is 2. The fourth-order valence-corrected chi connectivity index (χ4v) is 6.00. The Morgan fingerprint density at radius 3 is 2.33 bits per heavy atom. The van der Waals surface area contributed by atoms with E-state index in [-0.39, 0.29) is 29.3 Å². The largest absolute Gasteiger partial charge is 0.453 e. The number of likely N-dealkylation sites (N-methyl/N-ethyl adjacent to an activating group) is 2. The number of H-pyrrole nitrogens is 1. The molecule has 0 bridgehead atoms. The van der Waals surface area contributed by atoms with Crippen molar-refractivity contribution in [3.63, 3.8) is 0 Å². The van der Waals surface area contributed by atoms with Crippen LogP contribution in [0.2, 0.25) is 0 Å². The average molecular weight is 683 g/mol. The summed E-state index contributed by atoms with van der Waals surface area (Å²) in [5, 5.41) is 5.20. The van der Waals surface area contributed by atoms with Crippen LogP contribution in [-0.2, 0) is 27.6 Å². The molecular weight excluding hydrogens is 642 g/mol. The van der Waals surface area contributed by atoms with E-state index in [0.29, 0.717) is 42.0 Å². The van der Waals surface area contributed by atoms with Crippen molar-refractivity contribution >= 4 is 38.5 Å². The number of imide groups is 1. The molecule has 48 heavy (non-hydrogen) atoms. The van der Waals surface area contributed by atoms with Gasteiger partial charge in [-0.15, -0.1) is 0 Å². The highest BCUT2D eigenvalue weighted by Gasteiger charge is 2.32. The third-order valence-corrected chi connectivity index (χ3v) is 9.93. The number of nitrogens with one attached hydrogen (secondary N) is 3. The summed E-state index contributed by atoms with van der Waals surface area (Å²) in [5.74, 6) is -1.50. The number of sulfone groups is 1. The van der Waals surface area contributed by atoms with E-state index in [1.54, 1.807) is 26.8 Å². The van der Waals surface area contributed by atoms with Crippen molar-refractivity contribution in [2.45, 2.75) is 38.5 Å². The second kappa shape index (κ2) is 15.0. The van der Waals surface area contributed by atoms with Gasteiger partial charge in [0.05, 0.1) is 21.5 Å². The van der Waals surface area contributed by atoms with E-state index in [2.05, 4.69) is 32.1 Å². The highest BCUT2D eigenvalue weighted by molar-refractivity contribution is 7.96. The van der Waals surface area contributed by atoms with Gasteiger partial charge >= 0.3 is 6.03 Å². The normalized spacial score (nSPS) is 12.0. The number of amides is 3. The van der Waals surface area contributed by atoms with Gasteiger partial charge in [-0.1, -0.05) is 18.7 Å². The van der Waals surface area contributed by atoms with Gasteiger partial charge in [0.1, 0.15) is 17.2 Å². The molecule has 4 rings (SSSR count). The first-order valence-corrected chi connectivity index (χ1v) is 16.6. The SMILES string of the molecule is C=C(CN(C)CCN(C)Cc1cc2c(Oc3ccc(NC(=O)NC(=O)Cc4ccc(F)cc4)cc3F)ccnc2[nH]1)S(=O)(=O)C(C)(C)C. The Kier molecular flexibility index (Phi) is 11.3. The maximum atomic E-state index is 15.0. The highest BCUT2D eigenvalue weighted by atomic mass is 32.2. The van der Waals surface area contributed by atoms with E-state index in [9.17, 15) is 22.4 Å². The smallest absolute Gasteiger partial charge is 0.325 e. The molecule has 2 aromatic carbocycles. The molecule has 0 fully saturated rings. The third kappa shape index (κ3) is 9.46. The molecule has 4 aromatic rings. The standard InChI is InChI=1S/C34H40F2N6O5S/c1-22(48(45,46)34(2,3)4)20-41(5)15-16-42(6)21-26-18-27-29(13-14-37-32(27)38-26)47-30-12-11-25(19-28(30)36)39-33(44)40-31(43)17-23-7-9-24(35)10-8-23/h7-14,18-19H,1,15-17,20-21H2,2-6H3,(H,37,38)(H2,39,40,43,44). The van der Waals surface area contributed by atoms with Crippen molar-refractivity contribution in [2.24, 2.45) is 0 Å². The topological polar surface area (TPSA) is 137 Å². The van der Waals surface area contributed by atoms with E-state index in [0.717, 1.165) is 11.8 Å². The van der Waals surface area contributed by atoms with Gasteiger partial charge in [-0.25, -0.2) is 27.0 Å². The van der Waals surface area contributed by atoms with Crippen LogP contribution in [-0.4, -0.2) is 78.6 Å². The molecule has 0 atom stereocenters. The highest BCUT2D eigenvalue weighted by Crippen LogP contribution is 2.32. The first-order chi connectivity index (χ1) is 22.5. The number of anilines is 1. The molecule has 0 spiro atoms. The third-order valence-electron chi connectivity index (χ3n) is 7.42. The first kappa shape index (κ1) is 36.2. The number of ether oxygens (including phenoxy) is 1. The zero-order valence-electron chi connectivity index (χ0n) is 27.6. The van der Waals surface area contributed by atoms with Crippen molar-refractivity contribution in [3.8, 4) is 11.5 Å². The molecule has 0 saturated heterocycles. The molecule has 2 aromatic heterocycles. The van der Waals surface area contributed by atoms with E-state index in [4.69, 9.17) is 4.74 Å². The van der Waals surface area contributed by atoms with Crippen LogP contribution in [0.4, 0.5) is 19.3 Å². The Bertz CT molecular complexity index is 1910. The van der Waals surface area contributed by atoms with Gasteiger partial charge in [0, 0.05) is 49.8 Å². The number of fused-ring (bicyclic) bond motifs is 1. The summed E-state index contributed by atoms with van der Waals surface area (Å²) >= 11 is 0. The van der Waals surface area contributed by atoms with E-state index >= 15 is 4.39 Å². The van der Waals surface area contributed by atoms with Crippen LogP contribution in [0.5, 0.6) is 11.5 Å². The van der Waals surface area contributed by atoms with Crippen LogP contribution in [0.15, 0.2) is 72.3 Å².